The Morgan fingerprint density at radius 2 is 1.46 bits per heavy atom. The Morgan fingerprint density at radius 3 is 2.05 bits per heavy atom. The van der Waals surface area contributed by atoms with Crippen molar-refractivity contribution in [1.82, 2.24) is 0 Å². The SMILES string of the molecule is CC1(C)OC(C(=O)O)(C2CCC3(C)C2CCC2C4(C)CCC(O)C(C)(CO)C4CCC23C)CC(O)C1O. The third kappa shape index (κ3) is 3.39. The number of aliphatic hydroxyl groups is 4. The van der Waals surface area contributed by atoms with Crippen molar-refractivity contribution in [3.05, 3.63) is 0 Å². The normalized spacial score (nSPS) is 57.2. The Labute approximate surface area is 222 Å². The van der Waals surface area contributed by atoms with E-state index in [2.05, 4.69) is 27.7 Å². The Balaban J connectivity index is 1.51. The van der Waals surface area contributed by atoms with Crippen molar-refractivity contribution in [2.45, 2.75) is 129 Å². The summed E-state index contributed by atoms with van der Waals surface area (Å²) in [7, 11) is 0. The number of aliphatic hydroxyl groups excluding tert-OH is 4. The van der Waals surface area contributed by atoms with Crippen LogP contribution in [-0.2, 0) is 9.53 Å². The number of fused-ring (bicyclic) bond motifs is 5. The summed E-state index contributed by atoms with van der Waals surface area (Å²) in [6.07, 6.45) is 4.39. The summed E-state index contributed by atoms with van der Waals surface area (Å²) in [5.74, 6) is -0.399. The van der Waals surface area contributed by atoms with E-state index >= 15 is 0 Å². The average Bonchev–Trinajstić information content (AvgIpc) is 3.18. The van der Waals surface area contributed by atoms with Gasteiger partial charge in [0.15, 0.2) is 5.60 Å². The van der Waals surface area contributed by atoms with Gasteiger partial charge in [-0.1, -0.05) is 27.7 Å². The molecule has 4 saturated carbocycles. The minimum atomic E-state index is -1.51. The van der Waals surface area contributed by atoms with Crippen LogP contribution in [0.2, 0.25) is 0 Å². The molecule has 0 aromatic carbocycles. The molecule has 5 rings (SSSR count). The van der Waals surface area contributed by atoms with E-state index in [9.17, 15) is 30.3 Å². The van der Waals surface area contributed by atoms with E-state index in [1.54, 1.807) is 13.8 Å². The standard InChI is InChI=1S/C30H50O7/c1-25(2)23(34)19(32)15-30(37-25,24(35)36)18-9-13-28(5)17(18)7-8-21-26(3)12-11-22(33)27(4,16-31)20(26)10-14-29(21,28)6/h17-23,31-34H,7-16H2,1-6H3,(H,35,36). The van der Waals surface area contributed by atoms with Crippen molar-refractivity contribution in [3.63, 3.8) is 0 Å². The highest BCUT2D eigenvalue weighted by Gasteiger charge is 2.72. The first-order chi connectivity index (χ1) is 17.0. The Morgan fingerprint density at radius 1 is 0.811 bits per heavy atom. The Hall–Kier alpha value is -0.730. The molecule has 212 valence electrons. The largest absolute Gasteiger partial charge is 0.479 e. The molecule has 0 radical (unpaired) electrons. The van der Waals surface area contributed by atoms with Crippen molar-refractivity contribution in [3.8, 4) is 0 Å². The van der Waals surface area contributed by atoms with Gasteiger partial charge in [-0.3, -0.25) is 0 Å². The molecule has 1 heterocycles. The number of rotatable bonds is 3. The van der Waals surface area contributed by atoms with Crippen LogP contribution in [0.5, 0.6) is 0 Å². The molecule has 0 bridgehead atoms. The number of aliphatic carboxylic acids is 1. The van der Waals surface area contributed by atoms with E-state index in [0.717, 1.165) is 44.9 Å². The average molecular weight is 523 g/mol. The second-order valence-corrected chi connectivity index (χ2v) is 15.1. The third-order valence-electron chi connectivity index (χ3n) is 13.5. The van der Waals surface area contributed by atoms with E-state index in [-0.39, 0.29) is 47.0 Å². The maximum Gasteiger partial charge on any atom is 0.336 e. The molecule has 1 saturated heterocycles. The number of carboxylic acid groups (broad SMARTS) is 1. The minimum Gasteiger partial charge on any atom is -0.479 e. The molecular formula is C30H50O7. The Bertz CT molecular complexity index is 937. The van der Waals surface area contributed by atoms with Gasteiger partial charge in [-0.25, -0.2) is 4.79 Å². The zero-order chi connectivity index (χ0) is 27.4. The van der Waals surface area contributed by atoms with Crippen molar-refractivity contribution in [2.24, 2.45) is 45.3 Å². The summed E-state index contributed by atoms with van der Waals surface area (Å²) in [5, 5.41) is 53.3. The molecule has 7 nitrogen and oxygen atoms in total. The van der Waals surface area contributed by atoms with E-state index < -0.39 is 40.9 Å². The van der Waals surface area contributed by atoms with Gasteiger partial charge >= 0.3 is 5.97 Å². The molecule has 7 heteroatoms. The van der Waals surface area contributed by atoms with Gasteiger partial charge in [0.1, 0.15) is 6.10 Å². The lowest BCUT2D eigenvalue weighted by Crippen LogP contribution is -2.67. The summed E-state index contributed by atoms with van der Waals surface area (Å²) < 4.78 is 6.35. The van der Waals surface area contributed by atoms with Crippen LogP contribution < -0.4 is 0 Å². The molecule has 37 heavy (non-hydrogen) atoms. The van der Waals surface area contributed by atoms with Gasteiger partial charge < -0.3 is 30.3 Å². The summed E-state index contributed by atoms with van der Waals surface area (Å²) in [6, 6.07) is 0. The second kappa shape index (κ2) is 8.39. The van der Waals surface area contributed by atoms with Crippen LogP contribution in [0.4, 0.5) is 0 Å². The van der Waals surface area contributed by atoms with Gasteiger partial charge in [-0.2, -0.15) is 0 Å². The van der Waals surface area contributed by atoms with Crippen LogP contribution in [0, 0.1) is 45.3 Å². The van der Waals surface area contributed by atoms with Crippen LogP contribution in [0.15, 0.2) is 0 Å². The third-order valence-corrected chi connectivity index (χ3v) is 13.5. The van der Waals surface area contributed by atoms with Gasteiger partial charge in [0, 0.05) is 17.8 Å². The van der Waals surface area contributed by atoms with Gasteiger partial charge in [-0.05, 0) is 99.2 Å². The first-order valence-electron chi connectivity index (χ1n) is 14.6. The maximum atomic E-state index is 13.0. The fourth-order valence-corrected chi connectivity index (χ4v) is 11.3. The number of hydrogen-bond acceptors (Lipinski definition) is 6. The van der Waals surface area contributed by atoms with Crippen molar-refractivity contribution in [2.75, 3.05) is 6.61 Å². The molecule has 5 aliphatic rings. The highest BCUT2D eigenvalue weighted by Crippen LogP contribution is 2.76. The van der Waals surface area contributed by atoms with Crippen LogP contribution in [-0.4, -0.2) is 67.6 Å². The number of ether oxygens (including phenoxy) is 1. The molecular weight excluding hydrogens is 472 g/mol. The van der Waals surface area contributed by atoms with Gasteiger partial charge in [-0.15, -0.1) is 0 Å². The van der Waals surface area contributed by atoms with Gasteiger partial charge in [0.2, 0.25) is 0 Å². The monoisotopic (exact) mass is 522 g/mol. The first-order valence-corrected chi connectivity index (χ1v) is 14.6. The molecule has 4 aliphatic carbocycles. The topological polar surface area (TPSA) is 127 Å². The van der Waals surface area contributed by atoms with E-state index in [4.69, 9.17) is 4.74 Å². The summed E-state index contributed by atoms with van der Waals surface area (Å²) in [4.78, 5) is 13.0. The highest BCUT2D eigenvalue weighted by atomic mass is 16.6. The number of carboxylic acids is 1. The molecule has 0 amide bonds. The second-order valence-electron chi connectivity index (χ2n) is 15.1. The van der Waals surface area contributed by atoms with Crippen LogP contribution >= 0.6 is 0 Å². The Kier molecular flexibility index (Phi) is 6.31. The fourth-order valence-electron chi connectivity index (χ4n) is 11.3. The molecule has 12 unspecified atom stereocenters. The molecule has 1 aliphatic heterocycles. The first kappa shape index (κ1) is 27.8. The molecule has 0 spiro atoms. The van der Waals surface area contributed by atoms with Crippen molar-refractivity contribution >= 4 is 5.97 Å². The predicted molar refractivity (Wildman–Crippen MR) is 139 cm³/mol. The number of carbonyl (C=O) groups is 1. The molecule has 5 N–H and O–H groups in total. The smallest absolute Gasteiger partial charge is 0.336 e. The fraction of sp³-hybridized carbons (Fsp3) is 0.967. The zero-order valence-corrected chi connectivity index (χ0v) is 23.7. The summed E-state index contributed by atoms with van der Waals surface area (Å²) in [5.41, 5.74) is -3.20. The lowest BCUT2D eigenvalue weighted by molar-refractivity contribution is -0.280. The summed E-state index contributed by atoms with van der Waals surface area (Å²) >= 11 is 0. The van der Waals surface area contributed by atoms with Crippen LogP contribution in [0.1, 0.15) is 99.3 Å². The quantitative estimate of drug-likeness (QED) is 0.382. The van der Waals surface area contributed by atoms with Crippen LogP contribution in [0.3, 0.4) is 0 Å². The van der Waals surface area contributed by atoms with Crippen molar-refractivity contribution in [1.29, 1.82) is 0 Å². The lowest BCUT2D eigenvalue weighted by Gasteiger charge is -2.70. The van der Waals surface area contributed by atoms with E-state index in [1.165, 1.54) is 0 Å². The molecule has 0 aromatic rings. The van der Waals surface area contributed by atoms with Gasteiger partial charge in [0.25, 0.3) is 0 Å². The van der Waals surface area contributed by atoms with Crippen LogP contribution in [0.25, 0.3) is 0 Å². The zero-order valence-electron chi connectivity index (χ0n) is 23.7. The van der Waals surface area contributed by atoms with Crippen molar-refractivity contribution < 1.29 is 35.1 Å². The highest BCUT2D eigenvalue weighted by molar-refractivity contribution is 5.78. The molecule has 5 fully saturated rings. The van der Waals surface area contributed by atoms with E-state index in [1.807, 2.05) is 0 Å². The summed E-state index contributed by atoms with van der Waals surface area (Å²) in [6.45, 7) is 12.7. The number of hydrogen-bond donors (Lipinski definition) is 5. The van der Waals surface area contributed by atoms with E-state index in [0.29, 0.717) is 12.3 Å². The molecule has 0 aromatic heterocycles. The lowest BCUT2D eigenvalue weighted by atomic mass is 9.35. The van der Waals surface area contributed by atoms with Gasteiger partial charge in [0.05, 0.1) is 24.4 Å². The predicted octanol–water partition coefficient (Wildman–Crippen LogP) is 3.75. The maximum absolute atomic E-state index is 13.0. The minimum absolute atomic E-state index is 0.00224. The molecule has 12 atom stereocenters.